The number of hydrogen-bond acceptors (Lipinski definition) is 4. The van der Waals surface area contributed by atoms with Crippen LogP contribution in [-0.2, 0) is 6.18 Å². The van der Waals surface area contributed by atoms with Crippen molar-refractivity contribution in [3.8, 4) is 0 Å². The Morgan fingerprint density at radius 3 is 2.62 bits per heavy atom. The zero-order valence-electron chi connectivity index (χ0n) is 10.7. The number of nitrogens with zero attached hydrogens (tertiary/aromatic N) is 2. The third-order valence-electron chi connectivity index (χ3n) is 3.32. The standard InChI is InChI=1S/C13H11F4N3O/c14-7-3-4-8(9(5-7)13(15,16)17)10(18)11-19-12(21-20-11)6-1-2-6/h3-6,10H,1-2,18H2. The molecule has 0 saturated heterocycles. The molecule has 1 fully saturated rings. The maximum Gasteiger partial charge on any atom is 0.416 e. The van der Waals surface area contributed by atoms with E-state index in [1.165, 1.54) is 0 Å². The van der Waals surface area contributed by atoms with Crippen LogP contribution in [0.25, 0.3) is 0 Å². The fourth-order valence-electron chi connectivity index (χ4n) is 2.05. The monoisotopic (exact) mass is 301 g/mol. The van der Waals surface area contributed by atoms with Gasteiger partial charge in [-0.15, -0.1) is 0 Å². The molecule has 2 N–H and O–H groups in total. The SMILES string of the molecule is NC(c1noc(C2CC2)n1)c1ccc(F)cc1C(F)(F)F. The van der Waals surface area contributed by atoms with Gasteiger partial charge < -0.3 is 10.3 Å². The molecule has 0 bridgehead atoms. The molecule has 0 amide bonds. The van der Waals surface area contributed by atoms with Crippen molar-refractivity contribution in [1.82, 2.24) is 10.1 Å². The maximum absolute atomic E-state index is 13.1. The number of rotatable bonds is 3. The highest BCUT2D eigenvalue weighted by molar-refractivity contribution is 5.35. The van der Waals surface area contributed by atoms with E-state index in [0.717, 1.165) is 25.0 Å². The molecule has 4 nitrogen and oxygen atoms in total. The van der Waals surface area contributed by atoms with Crippen molar-refractivity contribution in [3.05, 3.63) is 46.9 Å². The summed E-state index contributed by atoms with van der Waals surface area (Å²) in [5, 5.41) is 3.63. The number of benzene rings is 1. The Balaban J connectivity index is 1.98. The van der Waals surface area contributed by atoms with Gasteiger partial charge in [-0.2, -0.15) is 18.2 Å². The molecule has 1 saturated carbocycles. The molecule has 0 spiro atoms. The quantitative estimate of drug-likeness (QED) is 0.884. The Morgan fingerprint density at radius 2 is 2.00 bits per heavy atom. The van der Waals surface area contributed by atoms with Gasteiger partial charge in [0.1, 0.15) is 5.82 Å². The largest absolute Gasteiger partial charge is 0.416 e. The van der Waals surface area contributed by atoms with Crippen molar-refractivity contribution in [2.45, 2.75) is 31.0 Å². The van der Waals surface area contributed by atoms with Crippen molar-refractivity contribution >= 4 is 0 Å². The van der Waals surface area contributed by atoms with Gasteiger partial charge in [-0.3, -0.25) is 0 Å². The Hall–Kier alpha value is -1.96. The van der Waals surface area contributed by atoms with Crippen molar-refractivity contribution in [3.63, 3.8) is 0 Å². The van der Waals surface area contributed by atoms with Crippen molar-refractivity contribution in [2.75, 3.05) is 0 Å². The summed E-state index contributed by atoms with van der Waals surface area (Å²) in [7, 11) is 0. The van der Waals surface area contributed by atoms with Crippen molar-refractivity contribution < 1.29 is 22.1 Å². The predicted molar refractivity (Wildman–Crippen MR) is 63.7 cm³/mol. The Morgan fingerprint density at radius 1 is 1.29 bits per heavy atom. The molecule has 0 radical (unpaired) electrons. The fraction of sp³-hybridized carbons (Fsp3) is 0.385. The van der Waals surface area contributed by atoms with Gasteiger partial charge >= 0.3 is 6.18 Å². The molecule has 1 atom stereocenters. The minimum Gasteiger partial charge on any atom is -0.339 e. The zero-order valence-corrected chi connectivity index (χ0v) is 10.7. The van der Waals surface area contributed by atoms with E-state index in [9.17, 15) is 17.6 Å². The number of nitrogens with two attached hydrogens (primary N) is 1. The van der Waals surface area contributed by atoms with Gasteiger partial charge in [-0.05, 0) is 30.5 Å². The van der Waals surface area contributed by atoms with Crippen LogP contribution >= 0.6 is 0 Å². The van der Waals surface area contributed by atoms with Gasteiger partial charge in [-0.25, -0.2) is 4.39 Å². The highest BCUT2D eigenvalue weighted by Gasteiger charge is 2.37. The molecule has 2 aromatic rings. The van der Waals surface area contributed by atoms with E-state index in [0.29, 0.717) is 12.0 Å². The van der Waals surface area contributed by atoms with Gasteiger partial charge in [0.2, 0.25) is 5.89 Å². The van der Waals surface area contributed by atoms with E-state index in [1.54, 1.807) is 0 Å². The second-order valence-electron chi connectivity index (χ2n) is 4.97. The molecular formula is C13H11F4N3O. The summed E-state index contributed by atoms with van der Waals surface area (Å²) in [4.78, 5) is 4.03. The molecule has 8 heteroatoms. The third kappa shape index (κ3) is 2.76. The predicted octanol–water partition coefficient (Wildman–Crippen LogP) is 3.15. The van der Waals surface area contributed by atoms with Gasteiger partial charge in [0.05, 0.1) is 11.6 Å². The molecular weight excluding hydrogens is 290 g/mol. The molecule has 1 aliphatic rings. The summed E-state index contributed by atoms with van der Waals surface area (Å²) in [5.41, 5.74) is 4.37. The van der Waals surface area contributed by atoms with E-state index >= 15 is 0 Å². The van der Waals surface area contributed by atoms with Crippen LogP contribution in [0.15, 0.2) is 22.7 Å². The highest BCUT2D eigenvalue weighted by atomic mass is 19.4. The lowest BCUT2D eigenvalue weighted by atomic mass is 10.00. The summed E-state index contributed by atoms with van der Waals surface area (Å²) < 4.78 is 56.9. The number of hydrogen-bond donors (Lipinski definition) is 1. The molecule has 1 aliphatic carbocycles. The molecule has 112 valence electrons. The third-order valence-corrected chi connectivity index (χ3v) is 3.32. The van der Waals surface area contributed by atoms with Gasteiger partial charge in [0.15, 0.2) is 5.82 Å². The van der Waals surface area contributed by atoms with E-state index in [1.807, 2.05) is 0 Å². The average molecular weight is 301 g/mol. The van der Waals surface area contributed by atoms with E-state index in [-0.39, 0.29) is 17.3 Å². The van der Waals surface area contributed by atoms with Crippen LogP contribution in [0.5, 0.6) is 0 Å². The van der Waals surface area contributed by atoms with Crippen LogP contribution in [0.1, 0.15) is 47.6 Å². The molecule has 1 unspecified atom stereocenters. The zero-order chi connectivity index (χ0) is 15.2. The van der Waals surface area contributed by atoms with E-state index in [4.69, 9.17) is 10.3 Å². The van der Waals surface area contributed by atoms with Crippen LogP contribution < -0.4 is 5.73 Å². The summed E-state index contributed by atoms with van der Waals surface area (Å²) in [6.07, 6.45) is -2.87. The van der Waals surface area contributed by atoms with Crippen molar-refractivity contribution in [1.29, 1.82) is 0 Å². The van der Waals surface area contributed by atoms with Gasteiger partial charge in [0.25, 0.3) is 0 Å². The Kier molecular flexibility index (Phi) is 3.20. The first-order chi connectivity index (χ1) is 9.86. The second kappa shape index (κ2) is 4.80. The summed E-state index contributed by atoms with van der Waals surface area (Å²) >= 11 is 0. The smallest absolute Gasteiger partial charge is 0.339 e. The van der Waals surface area contributed by atoms with Crippen LogP contribution in [0.4, 0.5) is 17.6 Å². The van der Waals surface area contributed by atoms with Crippen LogP contribution in [-0.4, -0.2) is 10.1 Å². The number of alkyl halides is 3. The van der Waals surface area contributed by atoms with E-state index < -0.39 is 23.6 Å². The molecule has 0 aliphatic heterocycles. The first-order valence-electron chi connectivity index (χ1n) is 6.32. The molecule has 3 rings (SSSR count). The first kappa shape index (κ1) is 14.0. The maximum atomic E-state index is 13.1. The lowest BCUT2D eigenvalue weighted by Crippen LogP contribution is -2.20. The summed E-state index contributed by atoms with van der Waals surface area (Å²) in [6.45, 7) is 0. The van der Waals surface area contributed by atoms with Crippen LogP contribution in [0.3, 0.4) is 0 Å². The van der Waals surface area contributed by atoms with Gasteiger partial charge in [0, 0.05) is 5.92 Å². The van der Waals surface area contributed by atoms with Crippen molar-refractivity contribution in [2.24, 2.45) is 5.73 Å². The normalized spacial score (nSPS) is 17.0. The van der Waals surface area contributed by atoms with E-state index in [2.05, 4.69) is 10.1 Å². The second-order valence-corrected chi connectivity index (χ2v) is 4.97. The summed E-state index contributed by atoms with van der Waals surface area (Å²) in [5.74, 6) is -0.455. The molecule has 1 aromatic carbocycles. The van der Waals surface area contributed by atoms with Crippen LogP contribution in [0.2, 0.25) is 0 Å². The first-order valence-corrected chi connectivity index (χ1v) is 6.32. The number of aromatic nitrogens is 2. The molecule has 1 aromatic heterocycles. The average Bonchev–Trinajstić information content (AvgIpc) is 3.15. The minimum atomic E-state index is -4.71. The van der Waals surface area contributed by atoms with Gasteiger partial charge in [-0.1, -0.05) is 11.2 Å². The topological polar surface area (TPSA) is 64.9 Å². The fourth-order valence-corrected chi connectivity index (χ4v) is 2.05. The molecule has 1 heterocycles. The Labute approximate surface area is 116 Å². The highest BCUT2D eigenvalue weighted by Crippen LogP contribution is 2.40. The lowest BCUT2D eigenvalue weighted by Gasteiger charge is -2.16. The number of halogens is 4. The lowest BCUT2D eigenvalue weighted by molar-refractivity contribution is -0.138. The molecule has 21 heavy (non-hydrogen) atoms. The minimum absolute atomic E-state index is 0.0333. The van der Waals surface area contributed by atoms with Crippen LogP contribution in [0, 0.1) is 5.82 Å². The summed E-state index contributed by atoms with van der Waals surface area (Å²) in [6, 6.07) is 1.11. The Bertz CT molecular complexity index is 664.